The third-order valence-corrected chi connectivity index (χ3v) is 2.91. The van der Waals surface area contributed by atoms with Gasteiger partial charge >= 0.3 is 0 Å². The van der Waals surface area contributed by atoms with Crippen LogP contribution < -0.4 is 10.5 Å². The van der Waals surface area contributed by atoms with E-state index in [-0.39, 0.29) is 18.0 Å². The van der Waals surface area contributed by atoms with Crippen LogP contribution in [0.25, 0.3) is 0 Å². The van der Waals surface area contributed by atoms with E-state index in [1.54, 1.807) is 6.07 Å². The molecule has 0 radical (unpaired) electrons. The van der Waals surface area contributed by atoms with Gasteiger partial charge in [0.25, 0.3) is 0 Å². The molecule has 1 aliphatic rings. The van der Waals surface area contributed by atoms with E-state index < -0.39 is 0 Å². The van der Waals surface area contributed by atoms with Gasteiger partial charge in [-0.1, -0.05) is 0 Å². The molecule has 1 fully saturated rings. The molecular weight excluding hydrogens is 221 g/mol. The maximum absolute atomic E-state index is 13.1. The normalized spacial score (nSPS) is 21.5. The molecule has 1 aromatic rings. The largest absolute Gasteiger partial charge is 0.491 e. The topological polar surface area (TPSA) is 44.5 Å². The molecular formula is C13H18FNO2. The van der Waals surface area contributed by atoms with Crippen LogP contribution in [0.4, 0.5) is 4.39 Å². The lowest BCUT2D eigenvalue weighted by molar-refractivity contribution is 0.0675. The van der Waals surface area contributed by atoms with Crippen LogP contribution in [0.5, 0.6) is 5.75 Å². The third-order valence-electron chi connectivity index (χ3n) is 2.91. The SMILES string of the molecule is C[C@@H](N)c1cc(F)ccc1OCC1CCCO1. The fraction of sp³-hybridized carbons (Fsp3) is 0.538. The smallest absolute Gasteiger partial charge is 0.124 e. The highest BCUT2D eigenvalue weighted by atomic mass is 19.1. The lowest BCUT2D eigenvalue weighted by Crippen LogP contribution is -2.18. The molecule has 2 rings (SSSR count). The Kier molecular flexibility index (Phi) is 3.97. The number of hydrogen-bond acceptors (Lipinski definition) is 3. The molecule has 0 amide bonds. The van der Waals surface area contributed by atoms with Crippen molar-refractivity contribution in [3.8, 4) is 5.75 Å². The monoisotopic (exact) mass is 239 g/mol. The first-order valence-corrected chi connectivity index (χ1v) is 5.96. The summed E-state index contributed by atoms with van der Waals surface area (Å²) in [5.74, 6) is 0.360. The molecule has 0 aliphatic carbocycles. The second-order valence-corrected chi connectivity index (χ2v) is 4.42. The Bertz CT molecular complexity index is 376. The summed E-state index contributed by atoms with van der Waals surface area (Å²) in [5, 5.41) is 0. The van der Waals surface area contributed by atoms with Crippen LogP contribution in [0.3, 0.4) is 0 Å². The van der Waals surface area contributed by atoms with Gasteiger partial charge in [-0.2, -0.15) is 0 Å². The zero-order valence-corrected chi connectivity index (χ0v) is 9.99. The molecule has 94 valence electrons. The average molecular weight is 239 g/mol. The lowest BCUT2D eigenvalue weighted by atomic mass is 10.1. The summed E-state index contributed by atoms with van der Waals surface area (Å²) in [4.78, 5) is 0. The first-order chi connectivity index (χ1) is 8.16. The minimum atomic E-state index is -0.290. The van der Waals surface area contributed by atoms with Gasteiger partial charge in [-0.25, -0.2) is 4.39 Å². The maximum Gasteiger partial charge on any atom is 0.124 e. The molecule has 1 aliphatic heterocycles. The average Bonchev–Trinajstić information content (AvgIpc) is 2.80. The van der Waals surface area contributed by atoms with E-state index in [9.17, 15) is 4.39 Å². The highest BCUT2D eigenvalue weighted by Gasteiger charge is 2.17. The second kappa shape index (κ2) is 5.47. The fourth-order valence-electron chi connectivity index (χ4n) is 1.97. The molecule has 2 N–H and O–H groups in total. The Balaban J connectivity index is 2.03. The molecule has 0 bridgehead atoms. The molecule has 1 saturated heterocycles. The van der Waals surface area contributed by atoms with Crippen LogP contribution in [-0.4, -0.2) is 19.3 Å². The van der Waals surface area contributed by atoms with E-state index in [1.165, 1.54) is 12.1 Å². The Labute approximate surface area is 101 Å². The van der Waals surface area contributed by atoms with Gasteiger partial charge in [0.1, 0.15) is 18.2 Å². The molecule has 1 aromatic carbocycles. The summed E-state index contributed by atoms with van der Waals surface area (Å²) in [5.41, 5.74) is 6.49. The highest BCUT2D eigenvalue weighted by molar-refractivity contribution is 5.36. The van der Waals surface area contributed by atoms with Gasteiger partial charge in [-0.05, 0) is 38.0 Å². The van der Waals surface area contributed by atoms with Gasteiger partial charge in [0.15, 0.2) is 0 Å². The minimum Gasteiger partial charge on any atom is -0.491 e. The first kappa shape index (κ1) is 12.3. The van der Waals surface area contributed by atoms with E-state index in [2.05, 4.69) is 0 Å². The van der Waals surface area contributed by atoms with Gasteiger partial charge in [0.2, 0.25) is 0 Å². The van der Waals surface area contributed by atoms with Gasteiger partial charge < -0.3 is 15.2 Å². The van der Waals surface area contributed by atoms with Crippen molar-refractivity contribution in [2.75, 3.05) is 13.2 Å². The summed E-state index contributed by atoms with van der Waals surface area (Å²) in [7, 11) is 0. The standard InChI is InChI=1S/C13H18FNO2/c1-9(15)12-7-10(14)4-5-13(12)17-8-11-3-2-6-16-11/h4-5,7,9,11H,2-3,6,8,15H2,1H3/t9-,11?/m1/s1. The van der Waals surface area contributed by atoms with Gasteiger partial charge in [0, 0.05) is 18.2 Å². The van der Waals surface area contributed by atoms with E-state index in [0.29, 0.717) is 17.9 Å². The van der Waals surface area contributed by atoms with Crippen molar-refractivity contribution in [1.82, 2.24) is 0 Å². The first-order valence-electron chi connectivity index (χ1n) is 5.96. The molecule has 2 atom stereocenters. The molecule has 1 unspecified atom stereocenters. The maximum atomic E-state index is 13.1. The third kappa shape index (κ3) is 3.17. The predicted molar refractivity (Wildman–Crippen MR) is 63.5 cm³/mol. The predicted octanol–water partition coefficient (Wildman–Crippen LogP) is 2.40. The Morgan fingerprint density at radius 2 is 2.41 bits per heavy atom. The number of rotatable bonds is 4. The fourth-order valence-corrected chi connectivity index (χ4v) is 1.97. The summed E-state index contributed by atoms with van der Waals surface area (Å²) >= 11 is 0. The van der Waals surface area contributed by atoms with E-state index >= 15 is 0 Å². The van der Waals surface area contributed by atoms with E-state index in [4.69, 9.17) is 15.2 Å². The van der Waals surface area contributed by atoms with Gasteiger partial charge in [0.05, 0.1) is 6.10 Å². The molecule has 0 spiro atoms. The van der Waals surface area contributed by atoms with Crippen molar-refractivity contribution in [1.29, 1.82) is 0 Å². The molecule has 3 nitrogen and oxygen atoms in total. The quantitative estimate of drug-likeness (QED) is 0.877. The summed E-state index contributed by atoms with van der Waals surface area (Å²) < 4.78 is 24.2. The molecule has 1 heterocycles. The van der Waals surface area contributed by atoms with Crippen LogP contribution in [-0.2, 0) is 4.74 Å². The zero-order valence-electron chi connectivity index (χ0n) is 9.99. The lowest BCUT2D eigenvalue weighted by Gasteiger charge is -2.16. The van der Waals surface area contributed by atoms with Crippen LogP contribution in [0.1, 0.15) is 31.4 Å². The number of benzene rings is 1. The molecule has 4 heteroatoms. The molecule has 0 saturated carbocycles. The zero-order chi connectivity index (χ0) is 12.3. The van der Waals surface area contributed by atoms with Crippen LogP contribution in [0, 0.1) is 5.82 Å². The van der Waals surface area contributed by atoms with E-state index in [1.807, 2.05) is 6.92 Å². The summed E-state index contributed by atoms with van der Waals surface area (Å²) in [6, 6.07) is 4.19. The summed E-state index contributed by atoms with van der Waals surface area (Å²) in [6.45, 7) is 3.12. The second-order valence-electron chi connectivity index (χ2n) is 4.42. The van der Waals surface area contributed by atoms with Crippen molar-refractivity contribution in [3.05, 3.63) is 29.6 Å². The van der Waals surface area contributed by atoms with Crippen molar-refractivity contribution < 1.29 is 13.9 Å². The van der Waals surface area contributed by atoms with Gasteiger partial charge in [-0.15, -0.1) is 0 Å². The number of hydrogen-bond donors (Lipinski definition) is 1. The van der Waals surface area contributed by atoms with Crippen molar-refractivity contribution in [2.45, 2.75) is 31.9 Å². The Hall–Kier alpha value is -1.13. The van der Waals surface area contributed by atoms with Crippen molar-refractivity contribution >= 4 is 0 Å². The summed E-state index contributed by atoms with van der Waals surface area (Å²) in [6.07, 6.45) is 2.26. The van der Waals surface area contributed by atoms with Crippen LogP contribution >= 0.6 is 0 Å². The molecule has 17 heavy (non-hydrogen) atoms. The highest BCUT2D eigenvalue weighted by Crippen LogP contribution is 2.25. The number of nitrogens with two attached hydrogens (primary N) is 1. The van der Waals surface area contributed by atoms with Crippen LogP contribution in [0.2, 0.25) is 0 Å². The van der Waals surface area contributed by atoms with Crippen molar-refractivity contribution in [2.24, 2.45) is 5.73 Å². The van der Waals surface area contributed by atoms with E-state index in [0.717, 1.165) is 19.4 Å². The van der Waals surface area contributed by atoms with Crippen molar-refractivity contribution in [3.63, 3.8) is 0 Å². The minimum absolute atomic E-state index is 0.154. The number of ether oxygens (including phenoxy) is 2. The Morgan fingerprint density at radius 3 is 3.06 bits per heavy atom. The van der Waals surface area contributed by atoms with Gasteiger partial charge in [-0.3, -0.25) is 0 Å². The Morgan fingerprint density at radius 1 is 1.59 bits per heavy atom. The van der Waals surface area contributed by atoms with Crippen LogP contribution in [0.15, 0.2) is 18.2 Å². The molecule has 0 aromatic heterocycles. The number of halogens is 1.